The summed E-state index contributed by atoms with van der Waals surface area (Å²) in [5, 5.41) is 0. The zero-order valence-electron chi connectivity index (χ0n) is 13.6. The Morgan fingerprint density at radius 2 is 2.05 bits per heavy atom. The summed E-state index contributed by atoms with van der Waals surface area (Å²) in [6.45, 7) is 12.3. The van der Waals surface area contributed by atoms with Crippen molar-refractivity contribution in [3.8, 4) is 0 Å². The quantitative estimate of drug-likeness (QED) is 0.843. The number of nitrogens with zero attached hydrogens (tertiary/aromatic N) is 2. The molecule has 4 heteroatoms. The van der Waals surface area contributed by atoms with Gasteiger partial charge in [0.25, 0.3) is 0 Å². The molecule has 2 N–H and O–H groups in total. The molecule has 2 aliphatic heterocycles. The number of fused-ring (bicyclic) bond motifs is 1. The summed E-state index contributed by atoms with van der Waals surface area (Å²) in [6.07, 6.45) is 2.76. The van der Waals surface area contributed by atoms with Gasteiger partial charge in [0, 0.05) is 55.7 Å². The SMILES string of the molecule is CCC1CN(CC2(N)C3CCOC3C2(C)C)CCN1C. The van der Waals surface area contributed by atoms with Crippen LogP contribution in [0.1, 0.15) is 33.6 Å². The van der Waals surface area contributed by atoms with Gasteiger partial charge in [0.15, 0.2) is 0 Å². The molecule has 3 aliphatic rings. The van der Waals surface area contributed by atoms with Crippen molar-refractivity contribution in [1.29, 1.82) is 0 Å². The largest absolute Gasteiger partial charge is 0.377 e. The highest BCUT2D eigenvalue weighted by molar-refractivity contribution is 5.21. The van der Waals surface area contributed by atoms with E-state index < -0.39 is 0 Å². The van der Waals surface area contributed by atoms with Crippen LogP contribution in [0.2, 0.25) is 0 Å². The first-order valence-corrected chi connectivity index (χ1v) is 8.23. The normalized spacial score (nSPS) is 45.1. The Balaban J connectivity index is 1.68. The van der Waals surface area contributed by atoms with Crippen LogP contribution >= 0.6 is 0 Å². The molecular formula is C16H31N3O. The van der Waals surface area contributed by atoms with E-state index in [4.69, 9.17) is 10.5 Å². The Hall–Kier alpha value is -0.160. The lowest BCUT2D eigenvalue weighted by Crippen LogP contribution is -2.78. The van der Waals surface area contributed by atoms with Crippen molar-refractivity contribution in [1.82, 2.24) is 9.80 Å². The van der Waals surface area contributed by atoms with Crippen molar-refractivity contribution in [3.05, 3.63) is 0 Å². The monoisotopic (exact) mass is 281 g/mol. The minimum Gasteiger partial charge on any atom is -0.377 e. The maximum atomic E-state index is 6.88. The fourth-order valence-corrected chi connectivity index (χ4v) is 4.76. The average Bonchev–Trinajstić information content (AvgIpc) is 2.89. The Bertz CT molecular complexity index is 373. The van der Waals surface area contributed by atoms with E-state index in [1.54, 1.807) is 0 Å². The molecule has 0 amide bonds. The van der Waals surface area contributed by atoms with Crippen molar-refractivity contribution < 1.29 is 4.74 Å². The van der Waals surface area contributed by atoms with Crippen LogP contribution in [-0.2, 0) is 4.74 Å². The van der Waals surface area contributed by atoms with Gasteiger partial charge in [-0.2, -0.15) is 0 Å². The van der Waals surface area contributed by atoms with Gasteiger partial charge in [-0.05, 0) is 19.9 Å². The molecule has 2 heterocycles. The van der Waals surface area contributed by atoms with Crippen molar-refractivity contribution in [2.24, 2.45) is 17.1 Å². The van der Waals surface area contributed by atoms with Crippen molar-refractivity contribution in [2.45, 2.75) is 51.3 Å². The van der Waals surface area contributed by atoms with Gasteiger partial charge >= 0.3 is 0 Å². The second-order valence-electron chi connectivity index (χ2n) is 7.73. The van der Waals surface area contributed by atoms with Gasteiger partial charge in [0.2, 0.25) is 0 Å². The standard InChI is InChI=1S/C16H31N3O/c1-5-12-10-19(8-7-18(12)4)11-16(17)13-6-9-20-14(13)15(16,2)3/h12-14H,5-11,17H2,1-4H3. The minimum absolute atomic E-state index is 0.0671. The van der Waals surface area contributed by atoms with Gasteiger partial charge in [-0.25, -0.2) is 0 Å². The van der Waals surface area contributed by atoms with Crippen molar-refractivity contribution in [3.63, 3.8) is 0 Å². The molecule has 4 unspecified atom stereocenters. The molecule has 20 heavy (non-hydrogen) atoms. The van der Waals surface area contributed by atoms with Gasteiger partial charge < -0.3 is 15.4 Å². The molecule has 3 rings (SSSR count). The first kappa shape index (κ1) is 14.8. The van der Waals surface area contributed by atoms with Crippen LogP contribution in [0, 0.1) is 11.3 Å². The van der Waals surface area contributed by atoms with E-state index in [1.807, 2.05) is 0 Å². The number of nitrogens with two attached hydrogens (primary N) is 1. The van der Waals surface area contributed by atoms with Crippen LogP contribution in [0.4, 0.5) is 0 Å². The fourth-order valence-electron chi connectivity index (χ4n) is 4.76. The molecule has 0 radical (unpaired) electrons. The van der Waals surface area contributed by atoms with Crippen LogP contribution in [0.15, 0.2) is 0 Å². The fraction of sp³-hybridized carbons (Fsp3) is 1.00. The Labute approximate surface area is 123 Å². The summed E-state index contributed by atoms with van der Waals surface area (Å²) in [7, 11) is 2.25. The third-order valence-electron chi connectivity index (χ3n) is 6.48. The number of piperazine rings is 1. The maximum Gasteiger partial charge on any atom is 0.0691 e. The average molecular weight is 281 g/mol. The number of ether oxygens (including phenoxy) is 1. The smallest absolute Gasteiger partial charge is 0.0691 e. The van der Waals surface area contributed by atoms with E-state index in [-0.39, 0.29) is 11.0 Å². The molecule has 1 saturated carbocycles. The molecule has 0 spiro atoms. The molecule has 0 aromatic rings. The predicted octanol–water partition coefficient (Wildman–Crippen LogP) is 1.15. The zero-order valence-corrected chi connectivity index (χ0v) is 13.6. The molecule has 4 atom stereocenters. The maximum absolute atomic E-state index is 6.88. The van der Waals surface area contributed by atoms with Gasteiger partial charge in [0.05, 0.1) is 6.10 Å². The Kier molecular flexibility index (Phi) is 3.65. The van der Waals surface area contributed by atoms with E-state index in [0.29, 0.717) is 18.1 Å². The third kappa shape index (κ3) is 1.96. The second-order valence-corrected chi connectivity index (χ2v) is 7.73. The second kappa shape index (κ2) is 4.94. The van der Waals surface area contributed by atoms with Crippen LogP contribution in [0.5, 0.6) is 0 Å². The molecule has 116 valence electrons. The summed E-state index contributed by atoms with van der Waals surface area (Å²) in [5.41, 5.74) is 6.93. The minimum atomic E-state index is -0.0671. The summed E-state index contributed by atoms with van der Waals surface area (Å²) >= 11 is 0. The summed E-state index contributed by atoms with van der Waals surface area (Å²) in [5.74, 6) is 0.567. The summed E-state index contributed by atoms with van der Waals surface area (Å²) < 4.78 is 5.90. The van der Waals surface area contributed by atoms with Crippen molar-refractivity contribution >= 4 is 0 Å². The number of hydrogen-bond acceptors (Lipinski definition) is 4. The molecular weight excluding hydrogens is 250 g/mol. The van der Waals surface area contributed by atoms with E-state index >= 15 is 0 Å². The molecule has 0 aromatic heterocycles. The number of hydrogen-bond donors (Lipinski definition) is 1. The molecule has 0 aromatic carbocycles. The zero-order chi connectivity index (χ0) is 14.5. The number of likely N-dealkylation sites (N-methyl/N-ethyl adjacent to an activating group) is 1. The number of rotatable bonds is 3. The van der Waals surface area contributed by atoms with Gasteiger partial charge in [0.1, 0.15) is 0 Å². The third-order valence-corrected chi connectivity index (χ3v) is 6.48. The highest BCUT2D eigenvalue weighted by Crippen LogP contribution is 2.58. The molecule has 1 aliphatic carbocycles. The molecule has 3 fully saturated rings. The highest BCUT2D eigenvalue weighted by atomic mass is 16.5. The lowest BCUT2D eigenvalue weighted by Gasteiger charge is -2.64. The topological polar surface area (TPSA) is 41.7 Å². The van der Waals surface area contributed by atoms with Gasteiger partial charge in [-0.3, -0.25) is 4.90 Å². The molecule has 0 bridgehead atoms. The van der Waals surface area contributed by atoms with Gasteiger partial charge in [-0.15, -0.1) is 0 Å². The van der Waals surface area contributed by atoms with E-state index in [2.05, 4.69) is 37.6 Å². The molecule has 2 saturated heterocycles. The highest BCUT2D eigenvalue weighted by Gasteiger charge is 2.67. The summed E-state index contributed by atoms with van der Waals surface area (Å²) in [4.78, 5) is 5.09. The lowest BCUT2D eigenvalue weighted by atomic mass is 9.48. The summed E-state index contributed by atoms with van der Waals surface area (Å²) in [6, 6.07) is 0.686. The van der Waals surface area contributed by atoms with Crippen molar-refractivity contribution in [2.75, 3.05) is 39.8 Å². The van der Waals surface area contributed by atoms with Crippen LogP contribution in [0.25, 0.3) is 0 Å². The van der Waals surface area contributed by atoms with E-state index in [1.165, 1.54) is 19.5 Å². The first-order chi connectivity index (χ1) is 9.40. The van der Waals surface area contributed by atoms with Crippen LogP contribution < -0.4 is 5.73 Å². The van der Waals surface area contributed by atoms with Crippen LogP contribution in [-0.4, -0.2) is 67.3 Å². The molecule has 4 nitrogen and oxygen atoms in total. The van der Waals surface area contributed by atoms with E-state index in [9.17, 15) is 0 Å². The predicted molar refractivity (Wildman–Crippen MR) is 81.7 cm³/mol. The van der Waals surface area contributed by atoms with E-state index in [0.717, 1.165) is 26.1 Å². The Morgan fingerprint density at radius 1 is 1.30 bits per heavy atom. The Morgan fingerprint density at radius 3 is 2.75 bits per heavy atom. The first-order valence-electron chi connectivity index (χ1n) is 8.23. The van der Waals surface area contributed by atoms with Crippen LogP contribution in [0.3, 0.4) is 0 Å². The lowest BCUT2D eigenvalue weighted by molar-refractivity contribution is -0.165. The van der Waals surface area contributed by atoms with Gasteiger partial charge in [-0.1, -0.05) is 20.8 Å².